The topological polar surface area (TPSA) is 72.9 Å². The number of anilines is 2. The predicted octanol–water partition coefficient (Wildman–Crippen LogP) is 1.91. The van der Waals surface area contributed by atoms with Gasteiger partial charge in [-0.3, -0.25) is 9.48 Å². The number of nitrogen functional groups attached to an aromatic ring is 1. The van der Waals surface area contributed by atoms with Gasteiger partial charge >= 0.3 is 0 Å². The Hall–Kier alpha value is -2.01. The van der Waals surface area contributed by atoms with Crippen molar-refractivity contribution in [2.24, 2.45) is 7.05 Å². The van der Waals surface area contributed by atoms with Gasteiger partial charge in [-0.2, -0.15) is 5.10 Å². The van der Waals surface area contributed by atoms with Crippen molar-refractivity contribution in [2.75, 3.05) is 11.1 Å². The lowest BCUT2D eigenvalue weighted by Gasteiger charge is -2.06. The second kappa shape index (κ2) is 4.47. The number of hydrogen-bond donors (Lipinski definition) is 2. The third-order valence-electron chi connectivity index (χ3n) is 2.23. The molecule has 17 heavy (non-hydrogen) atoms. The molecule has 0 aliphatic heterocycles. The van der Waals surface area contributed by atoms with Crippen molar-refractivity contribution in [3.63, 3.8) is 0 Å². The summed E-state index contributed by atoms with van der Waals surface area (Å²) in [5, 5.41) is 6.98. The Balaban J connectivity index is 2.26. The molecule has 0 bridgehead atoms. The second-order valence-electron chi connectivity index (χ2n) is 3.53. The molecule has 0 atom stereocenters. The number of benzene rings is 1. The van der Waals surface area contributed by atoms with Gasteiger partial charge in [0.2, 0.25) is 0 Å². The number of nitrogens with zero attached hydrogens (tertiary/aromatic N) is 2. The Bertz CT molecular complexity index is 544. The van der Waals surface area contributed by atoms with E-state index in [4.69, 9.17) is 17.3 Å². The minimum absolute atomic E-state index is 0.264. The summed E-state index contributed by atoms with van der Waals surface area (Å²) >= 11 is 5.93. The van der Waals surface area contributed by atoms with Crippen LogP contribution >= 0.6 is 11.6 Å². The molecule has 5 nitrogen and oxygen atoms in total. The maximum absolute atomic E-state index is 11.9. The van der Waals surface area contributed by atoms with Crippen LogP contribution in [0.15, 0.2) is 30.5 Å². The fourth-order valence-corrected chi connectivity index (χ4v) is 1.71. The van der Waals surface area contributed by atoms with E-state index in [1.807, 2.05) is 0 Å². The molecule has 1 amide bonds. The molecule has 0 spiro atoms. The first kappa shape index (κ1) is 11.5. The van der Waals surface area contributed by atoms with E-state index in [0.717, 1.165) is 0 Å². The van der Waals surface area contributed by atoms with Crippen LogP contribution in [0.2, 0.25) is 5.02 Å². The smallest absolute Gasteiger partial charge is 0.260 e. The summed E-state index contributed by atoms with van der Waals surface area (Å²) in [5.74, 6) is 0.0867. The molecule has 1 aromatic carbocycles. The molecule has 6 heteroatoms. The normalized spacial score (nSPS) is 10.2. The van der Waals surface area contributed by atoms with Crippen molar-refractivity contribution in [2.45, 2.75) is 0 Å². The molecule has 0 saturated carbocycles. The SMILES string of the molecule is Cn1ccc(NC(=O)c2c(N)cccc2Cl)n1. The van der Waals surface area contributed by atoms with E-state index in [1.165, 1.54) is 0 Å². The molecule has 2 rings (SSSR count). The van der Waals surface area contributed by atoms with Gasteiger partial charge in [-0.25, -0.2) is 0 Å². The zero-order valence-corrected chi connectivity index (χ0v) is 9.90. The van der Waals surface area contributed by atoms with Gasteiger partial charge in [0.1, 0.15) is 0 Å². The van der Waals surface area contributed by atoms with Gasteiger partial charge in [-0.05, 0) is 12.1 Å². The minimum atomic E-state index is -0.369. The molecule has 3 N–H and O–H groups in total. The first-order valence-electron chi connectivity index (χ1n) is 4.93. The van der Waals surface area contributed by atoms with Crippen LogP contribution in [0.5, 0.6) is 0 Å². The van der Waals surface area contributed by atoms with Crippen molar-refractivity contribution >= 4 is 29.0 Å². The Labute approximate surface area is 103 Å². The van der Waals surface area contributed by atoms with Crippen LogP contribution in [0.3, 0.4) is 0 Å². The van der Waals surface area contributed by atoms with E-state index in [-0.39, 0.29) is 11.5 Å². The number of aromatic nitrogens is 2. The van der Waals surface area contributed by atoms with Crippen LogP contribution in [0.4, 0.5) is 11.5 Å². The summed E-state index contributed by atoms with van der Waals surface area (Å²) in [6.45, 7) is 0. The lowest BCUT2D eigenvalue weighted by Crippen LogP contribution is -2.15. The zero-order valence-electron chi connectivity index (χ0n) is 9.14. The highest BCUT2D eigenvalue weighted by atomic mass is 35.5. The van der Waals surface area contributed by atoms with E-state index >= 15 is 0 Å². The molecule has 0 fully saturated rings. The van der Waals surface area contributed by atoms with E-state index in [2.05, 4.69) is 10.4 Å². The number of amides is 1. The molecule has 1 heterocycles. The van der Waals surface area contributed by atoms with Crippen molar-refractivity contribution in [3.8, 4) is 0 Å². The number of rotatable bonds is 2. The van der Waals surface area contributed by atoms with Gasteiger partial charge in [-0.15, -0.1) is 0 Å². The summed E-state index contributed by atoms with van der Waals surface area (Å²) in [4.78, 5) is 11.9. The summed E-state index contributed by atoms with van der Waals surface area (Å²) in [6.07, 6.45) is 1.73. The third-order valence-corrected chi connectivity index (χ3v) is 2.54. The highest BCUT2D eigenvalue weighted by Gasteiger charge is 2.14. The number of nitrogens with two attached hydrogens (primary N) is 1. The molecule has 0 unspecified atom stereocenters. The van der Waals surface area contributed by atoms with E-state index in [1.54, 1.807) is 42.2 Å². The Morgan fingerprint density at radius 1 is 1.47 bits per heavy atom. The second-order valence-corrected chi connectivity index (χ2v) is 3.94. The maximum atomic E-state index is 11.9. The van der Waals surface area contributed by atoms with Gasteiger partial charge in [0, 0.05) is 25.0 Å². The zero-order chi connectivity index (χ0) is 12.4. The van der Waals surface area contributed by atoms with Gasteiger partial charge in [0.05, 0.1) is 10.6 Å². The van der Waals surface area contributed by atoms with E-state index < -0.39 is 0 Å². The number of aryl methyl sites for hydroxylation is 1. The molecule has 1 aromatic heterocycles. The van der Waals surface area contributed by atoms with Crippen LogP contribution in [-0.4, -0.2) is 15.7 Å². The number of hydrogen-bond acceptors (Lipinski definition) is 3. The lowest BCUT2D eigenvalue weighted by molar-refractivity contribution is 0.102. The van der Waals surface area contributed by atoms with Crippen LogP contribution in [0.25, 0.3) is 0 Å². The van der Waals surface area contributed by atoms with Crippen molar-refractivity contribution in [1.29, 1.82) is 0 Å². The van der Waals surface area contributed by atoms with E-state index in [9.17, 15) is 4.79 Å². The highest BCUT2D eigenvalue weighted by Crippen LogP contribution is 2.22. The largest absolute Gasteiger partial charge is 0.398 e. The van der Waals surface area contributed by atoms with Crippen LogP contribution in [0, 0.1) is 0 Å². The van der Waals surface area contributed by atoms with Crippen LogP contribution in [-0.2, 0) is 7.05 Å². The van der Waals surface area contributed by atoms with Gasteiger partial charge in [0.15, 0.2) is 5.82 Å². The highest BCUT2D eigenvalue weighted by molar-refractivity contribution is 6.35. The quantitative estimate of drug-likeness (QED) is 0.800. The minimum Gasteiger partial charge on any atom is -0.398 e. The van der Waals surface area contributed by atoms with Crippen LogP contribution < -0.4 is 11.1 Å². The Kier molecular flexibility index (Phi) is 3.01. The first-order valence-corrected chi connectivity index (χ1v) is 5.30. The van der Waals surface area contributed by atoms with Crippen molar-refractivity contribution in [1.82, 2.24) is 9.78 Å². The summed E-state index contributed by atoms with van der Waals surface area (Å²) in [5.41, 5.74) is 6.31. The summed E-state index contributed by atoms with van der Waals surface area (Å²) < 4.78 is 1.59. The summed E-state index contributed by atoms with van der Waals surface area (Å²) in [6, 6.07) is 6.62. The van der Waals surface area contributed by atoms with Crippen molar-refractivity contribution in [3.05, 3.63) is 41.0 Å². The predicted molar refractivity (Wildman–Crippen MR) is 67.0 cm³/mol. The van der Waals surface area contributed by atoms with Gasteiger partial charge < -0.3 is 11.1 Å². The fourth-order valence-electron chi connectivity index (χ4n) is 1.44. The molecule has 0 aliphatic carbocycles. The van der Waals surface area contributed by atoms with Crippen molar-refractivity contribution < 1.29 is 4.79 Å². The Morgan fingerprint density at radius 3 is 2.82 bits per heavy atom. The number of carbonyl (C=O) groups excluding carboxylic acids is 1. The van der Waals surface area contributed by atoms with Gasteiger partial charge in [0.25, 0.3) is 5.91 Å². The molecular weight excluding hydrogens is 240 g/mol. The number of halogens is 1. The van der Waals surface area contributed by atoms with Crippen LogP contribution in [0.1, 0.15) is 10.4 Å². The number of nitrogens with one attached hydrogen (secondary N) is 1. The van der Waals surface area contributed by atoms with Gasteiger partial charge in [-0.1, -0.05) is 17.7 Å². The molecule has 0 radical (unpaired) electrons. The van der Waals surface area contributed by atoms with E-state index in [0.29, 0.717) is 16.5 Å². The standard InChI is InChI=1S/C11H11ClN4O/c1-16-6-5-9(15-16)14-11(17)10-7(12)3-2-4-8(10)13/h2-6H,13H2,1H3,(H,14,15,17). The molecule has 0 saturated heterocycles. The average molecular weight is 251 g/mol. The monoisotopic (exact) mass is 250 g/mol. The molecular formula is C11H11ClN4O. The Morgan fingerprint density at radius 2 is 2.24 bits per heavy atom. The molecule has 88 valence electrons. The maximum Gasteiger partial charge on any atom is 0.260 e. The number of carbonyl (C=O) groups is 1. The average Bonchev–Trinajstić information content (AvgIpc) is 2.63. The molecule has 2 aromatic rings. The fraction of sp³-hybridized carbons (Fsp3) is 0.0909. The lowest BCUT2D eigenvalue weighted by atomic mass is 10.1. The summed E-state index contributed by atoms with van der Waals surface area (Å²) in [7, 11) is 1.76. The third kappa shape index (κ3) is 2.39. The first-order chi connectivity index (χ1) is 8.08. The molecule has 0 aliphatic rings.